The molecule has 0 saturated heterocycles. The van der Waals surface area contributed by atoms with Gasteiger partial charge in [0, 0.05) is 6.20 Å². The molecule has 3 N–H and O–H groups in total. The summed E-state index contributed by atoms with van der Waals surface area (Å²) in [5.74, 6) is -2.82. The molecule has 0 aliphatic heterocycles. The lowest BCUT2D eigenvalue weighted by Crippen LogP contribution is -2.23. The number of halogens is 2. The van der Waals surface area contributed by atoms with E-state index in [0.717, 1.165) is 30.5 Å². The number of benzene rings is 1. The number of hydrogen-bond donors (Lipinski definition) is 2. The van der Waals surface area contributed by atoms with Crippen molar-refractivity contribution < 1.29 is 18.7 Å². The topological polar surface area (TPSA) is 84.8 Å². The number of fused-ring (bicyclic) bond motifs is 1. The Bertz CT molecular complexity index is 1160. The van der Waals surface area contributed by atoms with Crippen molar-refractivity contribution in [3.8, 4) is 11.1 Å². The molecule has 3 aromatic rings. The second kappa shape index (κ2) is 5.90. The number of anilines is 1. The van der Waals surface area contributed by atoms with E-state index < -0.39 is 28.9 Å². The second-order valence-corrected chi connectivity index (χ2v) is 6.82. The van der Waals surface area contributed by atoms with Crippen LogP contribution in [-0.2, 0) is 0 Å². The Morgan fingerprint density at radius 2 is 1.85 bits per heavy atom. The highest BCUT2D eigenvalue weighted by atomic mass is 19.1. The van der Waals surface area contributed by atoms with Crippen LogP contribution in [0.5, 0.6) is 0 Å². The van der Waals surface area contributed by atoms with Gasteiger partial charge in [0.15, 0.2) is 0 Å². The number of hydrogen-bond acceptors (Lipinski definition) is 3. The highest BCUT2D eigenvalue weighted by Gasteiger charge is 2.29. The summed E-state index contributed by atoms with van der Waals surface area (Å²) < 4.78 is 29.1. The average molecular weight is 370 g/mol. The van der Waals surface area contributed by atoms with E-state index in [1.165, 1.54) is 16.7 Å². The SMILES string of the molecule is Cc1c(-c2cc(F)c(N)c(F)c2)ccn2c(=O)c(C(=O)O)cc(C3CC3)c12. The van der Waals surface area contributed by atoms with Crippen molar-refractivity contribution in [2.45, 2.75) is 25.7 Å². The normalized spacial score (nSPS) is 13.9. The number of pyridine rings is 2. The van der Waals surface area contributed by atoms with Crippen LogP contribution in [0.1, 0.15) is 40.2 Å². The molecule has 7 heteroatoms. The Kier molecular flexibility index (Phi) is 3.76. The predicted molar refractivity (Wildman–Crippen MR) is 97.1 cm³/mol. The van der Waals surface area contributed by atoms with E-state index >= 15 is 0 Å². The third-order valence-corrected chi connectivity index (χ3v) is 5.05. The molecule has 27 heavy (non-hydrogen) atoms. The molecule has 0 bridgehead atoms. The van der Waals surface area contributed by atoms with E-state index in [1.54, 1.807) is 13.0 Å². The van der Waals surface area contributed by atoms with Crippen LogP contribution in [0.15, 0.2) is 35.3 Å². The summed E-state index contributed by atoms with van der Waals surface area (Å²) in [6.45, 7) is 1.75. The summed E-state index contributed by atoms with van der Waals surface area (Å²) in [4.78, 5) is 24.0. The second-order valence-electron chi connectivity index (χ2n) is 6.82. The van der Waals surface area contributed by atoms with Crippen molar-refractivity contribution in [1.29, 1.82) is 0 Å². The van der Waals surface area contributed by atoms with Gasteiger partial charge in [0.05, 0.1) is 5.52 Å². The molecule has 138 valence electrons. The molecule has 1 aliphatic carbocycles. The monoisotopic (exact) mass is 370 g/mol. The number of rotatable bonds is 3. The molecule has 1 aliphatic rings. The van der Waals surface area contributed by atoms with Crippen molar-refractivity contribution in [3.63, 3.8) is 0 Å². The van der Waals surface area contributed by atoms with Crippen molar-refractivity contribution in [1.82, 2.24) is 4.40 Å². The fourth-order valence-electron chi connectivity index (χ4n) is 3.51. The summed E-state index contributed by atoms with van der Waals surface area (Å²) >= 11 is 0. The minimum atomic E-state index is -1.28. The molecule has 4 rings (SSSR count). The number of carboxylic acid groups (broad SMARTS) is 1. The number of aromatic nitrogens is 1. The summed E-state index contributed by atoms with van der Waals surface area (Å²) in [7, 11) is 0. The first kappa shape index (κ1) is 17.2. The first-order valence-electron chi connectivity index (χ1n) is 8.46. The van der Waals surface area contributed by atoms with Gasteiger partial charge in [-0.15, -0.1) is 0 Å². The molecular formula is C20H16F2N2O3. The van der Waals surface area contributed by atoms with Crippen LogP contribution in [0.25, 0.3) is 16.6 Å². The summed E-state index contributed by atoms with van der Waals surface area (Å²) in [6.07, 6.45) is 3.26. The van der Waals surface area contributed by atoms with Gasteiger partial charge < -0.3 is 10.8 Å². The molecule has 2 aromatic heterocycles. The number of nitrogen functional groups attached to an aromatic ring is 1. The maximum Gasteiger partial charge on any atom is 0.341 e. The van der Waals surface area contributed by atoms with Gasteiger partial charge in [-0.1, -0.05) is 0 Å². The van der Waals surface area contributed by atoms with Crippen LogP contribution >= 0.6 is 0 Å². The van der Waals surface area contributed by atoms with E-state index in [9.17, 15) is 23.5 Å². The molecule has 0 amide bonds. The fourth-order valence-corrected chi connectivity index (χ4v) is 3.51. The Morgan fingerprint density at radius 3 is 2.41 bits per heavy atom. The van der Waals surface area contributed by atoms with Crippen molar-refractivity contribution in [2.75, 3.05) is 5.73 Å². The summed E-state index contributed by atoms with van der Waals surface area (Å²) in [5.41, 5.74) is 6.74. The fraction of sp³-hybridized carbons (Fsp3) is 0.200. The number of nitrogens with two attached hydrogens (primary N) is 1. The van der Waals surface area contributed by atoms with Gasteiger partial charge in [-0.3, -0.25) is 9.20 Å². The van der Waals surface area contributed by atoms with Crippen molar-refractivity contribution in [3.05, 3.63) is 69.1 Å². The largest absolute Gasteiger partial charge is 0.477 e. The van der Waals surface area contributed by atoms with Gasteiger partial charge in [0.25, 0.3) is 5.56 Å². The molecule has 0 spiro atoms. The molecule has 0 atom stereocenters. The predicted octanol–water partition coefficient (Wildman–Crippen LogP) is 3.71. The zero-order valence-corrected chi connectivity index (χ0v) is 14.4. The molecule has 1 aromatic carbocycles. The Hall–Kier alpha value is -3.22. The Labute approximate surface area is 152 Å². The molecule has 1 saturated carbocycles. The van der Waals surface area contributed by atoms with Crippen LogP contribution in [-0.4, -0.2) is 15.5 Å². The quantitative estimate of drug-likeness (QED) is 0.689. The average Bonchev–Trinajstić information content (AvgIpc) is 3.45. The Balaban J connectivity index is 2.05. The smallest absolute Gasteiger partial charge is 0.341 e. The highest BCUT2D eigenvalue weighted by molar-refractivity contribution is 5.89. The van der Waals surface area contributed by atoms with Gasteiger partial charge in [-0.2, -0.15) is 0 Å². The van der Waals surface area contributed by atoms with Gasteiger partial charge in [-0.25, -0.2) is 13.6 Å². The van der Waals surface area contributed by atoms with Gasteiger partial charge >= 0.3 is 5.97 Å². The van der Waals surface area contributed by atoms with E-state index in [0.29, 0.717) is 22.2 Å². The summed E-state index contributed by atoms with van der Waals surface area (Å²) in [5, 5.41) is 9.33. The molecule has 5 nitrogen and oxygen atoms in total. The maximum atomic E-state index is 13.9. The number of nitrogens with zero attached hydrogens (tertiary/aromatic N) is 1. The number of carboxylic acids is 1. The molecule has 0 unspecified atom stereocenters. The van der Waals surface area contributed by atoms with E-state index in [4.69, 9.17) is 5.73 Å². The van der Waals surface area contributed by atoms with E-state index in [1.807, 2.05) is 0 Å². The first-order valence-corrected chi connectivity index (χ1v) is 8.46. The van der Waals surface area contributed by atoms with E-state index in [2.05, 4.69) is 0 Å². The minimum Gasteiger partial charge on any atom is -0.477 e. The molecule has 2 heterocycles. The molecule has 0 radical (unpaired) electrons. The zero-order valence-electron chi connectivity index (χ0n) is 14.4. The van der Waals surface area contributed by atoms with Gasteiger partial charge in [0.1, 0.15) is 22.9 Å². The lowest BCUT2D eigenvalue weighted by Gasteiger charge is -2.15. The van der Waals surface area contributed by atoms with Crippen molar-refractivity contribution >= 4 is 17.2 Å². The maximum absolute atomic E-state index is 13.9. The minimum absolute atomic E-state index is 0.174. The van der Waals surface area contributed by atoms with Crippen LogP contribution in [0, 0.1) is 18.6 Å². The number of carbonyl (C=O) groups is 1. The third kappa shape index (κ3) is 2.66. The number of aryl methyl sites for hydroxylation is 1. The van der Waals surface area contributed by atoms with Crippen LogP contribution in [0.3, 0.4) is 0 Å². The summed E-state index contributed by atoms with van der Waals surface area (Å²) in [6, 6.07) is 5.28. The van der Waals surface area contributed by atoms with E-state index in [-0.39, 0.29) is 11.5 Å². The first-order chi connectivity index (χ1) is 12.8. The van der Waals surface area contributed by atoms with Crippen LogP contribution in [0.4, 0.5) is 14.5 Å². The molecular weight excluding hydrogens is 354 g/mol. The standard InChI is InChI=1S/C20H16F2N2O3/c1-9-12(11-6-15(21)17(23)16(22)7-11)4-5-24-18(9)13(10-2-3-10)8-14(19(24)25)20(26)27/h4-8,10H,2-3,23H2,1H3,(H,26,27). The molecule has 1 fully saturated rings. The van der Waals surface area contributed by atoms with Crippen molar-refractivity contribution in [2.24, 2.45) is 0 Å². The highest BCUT2D eigenvalue weighted by Crippen LogP contribution is 2.43. The van der Waals surface area contributed by atoms with Crippen LogP contribution < -0.4 is 11.3 Å². The zero-order chi connectivity index (χ0) is 19.5. The van der Waals surface area contributed by atoms with Crippen LogP contribution in [0.2, 0.25) is 0 Å². The number of aromatic carboxylic acids is 1. The Morgan fingerprint density at radius 1 is 1.22 bits per heavy atom. The third-order valence-electron chi connectivity index (χ3n) is 5.05. The van der Waals surface area contributed by atoms with Gasteiger partial charge in [0.2, 0.25) is 0 Å². The lowest BCUT2D eigenvalue weighted by molar-refractivity contribution is 0.0694. The van der Waals surface area contributed by atoms with Gasteiger partial charge in [-0.05, 0) is 72.2 Å². The lowest BCUT2D eigenvalue weighted by atomic mass is 9.96.